The highest BCUT2D eigenvalue weighted by Crippen LogP contribution is 2.20. The zero-order valence-corrected chi connectivity index (χ0v) is 10.2. The second-order valence-corrected chi connectivity index (χ2v) is 6.91. The molecule has 0 nitrogen and oxygen atoms in total. The number of benzene rings is 1. The maximum absolute atomic E-state index is 2.30. The Morgan fingerprint density at radius 1 is 1.08 bits per heavy atom. The third kappa shape index (κ3) is 3.00. The van der Waals surface area contributed by atoms with E-state index in [0.29, 0.717) is 5.04 Å². The van der Waals surface area contributed by atoms with Crippen LogP contribution in [-0.2, 0) is 0 Å². The van der Waals surface area contributed by atoms with E-state index in [1.54, 1.807) is 0 Å². The van der Waals surface area contributed by atoms with Gasteiger partial charge in [0.2, 0.25) is 0 Å². The van der Waals surface area contributed by atoms with E-state index in [4.69, 9.17) is 0 Å². The molecule has 0 fully saturated rings. The zero-order chi connectivity index (χ0) is 10.1. The Bertz CT molecular complexity index is 294. The van der Waals surface area contributed by atoms with Crippen LogP contribution in [0, 0.1) is 13.8 Å². The van der Waals surface area contributed by atoms with Gasteiger partial charge in [-0.25, -0.2) is 0 Å². The molecule has 0 saturated heterocycles. The fourth-order valence-electron chi connectivity index (χ4n) is 1.29. The van der Waals surface area contributed by atoms with Gasteiger partial charge in [0, 0.05) is 0 Å². The normalized spacial score (nSPS) is 11.8. The van der Waals surface area contributed by atoms with Gasteiger partial charge in [-0.1, -0.05) is 44.2 Å². The maximum Gasteiger partial charge on any atom is 0.0872 e. The van der Waals surface area contributed by atoms with Gasteiger partial charge >= 0.3 is 0 Å². The Kier molecular flexibility index (Phi) is 2.97. The largest absolute Gasteiger partial charge is 0.0872 e. The Balaban J connectivity index is 2.96. The summed E-state index contributed by atoms with van der Waals surface area (Å²) in [5.41, 5.74) is 2.88. The van der Waals surface area contributed by atoms with Crippen molar-refractivity contribution in [3.63, 3.8) is 0 Å². The van der Waals surface area contributed by atoms with E-state index in [9.17, 15) is 0 Å². The summed E-state index contributed by atoms with van der Waals surface area (Å²) in [6, 6.07) is 6.61. The summed E-state index contributed by atoms with van der Waals surface area (Å²) in [6.45, 7) is 11.3. The van der Waals surface area contributed by atoms with Crippen LogP contribution in [0.1, 0.15) is 31.9 Å². The summed E-state index contributed by atoms with van der Waals surface area (Å²) >= 11 is 0. The van der Waals surface area contributed by atoms with Gasteiger partial charge in [-0.3, -0.25) is 0 Å². The Labute approximate surface area is 84.2 Å². The molecular formula is C12H18Si. The number of aryl methyl sites for hydroxylation is 1. The van der Waals surface area contributed by atoms with Gasteiger partial charge in [-0.15, -0.1) is 0 Å². The van der Waals surface area contributed by atoms with Crippen molar-refractivity contribution in [1.82, 2.24) is 0 Å². The minimum atomic E-state index is 0.415. The smallest absolute Gasteiger partial charge is 0.0632 e. The van der Waals surface area contributed by atoms with Crippen LogP contribution >= 0.6 is 0 Å². The van der Waals surface area contributed by atoms with Crippen LogP contribution in [0.15, 0.2) is 18.2 Å². The van der Waals surface area contributed by atoms with E-state index < -0.39 is 0 Å². The second kappa shape index (κ2) is 3.67. The van der Waals surface area contributed by atoms with E-state index in [2.05, 4.69) is 52.8 Å². The molecule has 1 aromatic rings. The first-order valence-corrected chi connectivity index (χ1v) is 5.74. The highest BCUT2D eigenvalue weighted by atomic mass is 28.2. The standard InChI is InChI=1S/C12H18Si/c1-9-7-6-8-11(10(9)2)13-12(3,4)5/h6-8H,1-5H3. The van der Waals surface area contributed by atoms with Gasteiger partial charge in [0.1, 0.15) is 0 Å². The predicted molar refractivity (Wildman–Crippen MR) is 61.0 cm³/mol. The summed E-state index contributed by atoms with van der Waals surface area (Å²) in [5, 5.41) is 1.94. The van der Waals surface area contributed by atoms with Gasteiger partial charge in [0.05, 0.1) is 9.52 Å². The van der Waals surface area contributed by atoms with Gasteiger partial charge in [-0.2, -0.15) is 0 Å². The summed E-state index contributed by atoms with van der Waals surface area (Å²) in [6.07, 6.45) is 0. The lowest BCUT2D eigenvalue weighted by Gasteiger charge is -2.18. The molecule has 0 spiro atoms. The summed E-state index contributed by atoms with van der Waals surface area (Å²) in [4.78, 5) is 0. The summed E-state index contributed by atoms with van der Waals surface area (Å²) in [7, 11) is 0.909. The highest BCUT2D eigenvalue weighted by Gasteiger charge is 2.14. The van der Waals surface area contributed by atoms with Crippen molar-refractivity contribution in [3.8, 4) is 0 Å². The third-order valence-corrected chi connectivity index (χ3v) is 3.68. The van der Waals surface area contributed by atoms with Crippen LogP contribution in [0.4, 0.5) is 0 Å². The Hall–Kier alpha value is -0.563. The first-order valence-electron chi connectivity index (χ1n) is 4.74. The molecule has 0 N–H and O–H groups in total. The fraction of sp³-hybridized carbons (Fsp3) is 0.500. The SMILES string of the molecule is Cc1cccc([Si]C(C)(C)C)c1C. The lowest BCUT2D eigenvalue weighted by Crippen LogP contribution is -2.26. The Morgan fingerprint density at radius 3 is 2.23 bits per heavy atom. The van der Waals surface area contributed by atoms with Gasteiger partial charge in [-0.05, 0) is 30.0 Å². The van der Waals surface area contributed by atoms with E-state index >= 15 is 0 Å². The first kappa shape index (κ1) is 10.5. The molecule has 0 atom stereocenters. The van der Waals surface area contributed by atoms with E-state index in [1.165, 1.54) is 16.3 Å². The monoisotopic (exact) mass is 190 g/mol. The van der Waals surface area contributed by atoms with Crippen LogP contribution in [0.3, 0.4) is 0 Å². The fourth-order valence-corrected chi connectivity index (χ4v) is 2.66. The van der Waals surface area contributed by atoms with Crippen molar-refractivity contribution < 1.29 is 0 Å². The topological polar surface area (TPSA) is 0 Å². The van der Waals surface area contributed by atoms with E-state index in [1.807, 2.05) is 0 Å². The zero-order valence-electron chi connectivity index (χ0n) is 9.23. The summed E-state index contributed by atoms with van der Waals surface area (Å²) < 4.78 is 0. The quantitative estimate of drug-likeness (QED) is 0.597. The van der Waals surface area contributed by atoms with Crippen LogP contribution < -0.4 is 5.19 Å². The number of rotatable bonds is 1. The maximum atomic E-state index is 2.30. The Morgan fingerprint density at radius 2 is 1.69 bits per heavy atom. The molecule has 0 heterocycles. The van der Waals surface area contributed by atoms with Gasteiger partial charge in [0.25, 0.3) is 0 Å². The molecule has 0 amide bonds. The van der Waals surface area contributed by atoms with Crippen molar-refractivity contribution in [2.24, 2.45) is 0 Å². The lowest BCUT2D eigenvalue weighted by molar-refractivity contribution is 0.759. The van der Waals surface area contributed by atoms with Crippen LogP contribution in [0.2, 0.25) is 5.04 Å². The molecule has 1 heteroatoms. The van der Waals surface area contributed by atoms with Crippen LogP contribution in [0.5, 0.6) is 0 Å². The van der Waals surface area contributed by atoms with Crippen molar-refractivity contribution in [2.45, 2.75) is 39.7 Å². The van der Waals surface area contributed by atoms with E-state index in [-0.39, 0.29) is 0 Å². The average Bonchev–Trinajstić information content (AvgIpc) is 1.96. The molecule has 70 valence electrons. The third-order valence-electron chi connectivity index (χ3n) is 2.11. The molecule has 13 heavy (non-hydrogen) atoms. The van der Waals surface area contributed by atoms with Crippen molar-refractivity contribution in [2.75, 3.05) is 0 Å². The molecule has 0 bridgehead atoms. The van der Waals surface area contributed by atoms with Gasteiger partial charge in [0.15, 0.2) is 0 Å². The molecule has 0 aliphatic rings. The van der Waals surface area contributed by atoms with Crippen LogP contribution in [-0.4, -0.2) is 9.52 Å². The predicted octanol–water partition coefficient (Wildman–Crippen LogP) is 2.85. The van der Waals surface area contributed by atoms with Crippen LogP contribution in [0.25, 0.3) is 0 Å². The lowest BCUT2D eigenvalue weighted by atomic mass is 10.1. The van der Waals surface area contributed by atoms with Crippen molar-refractivity contribution >= 4 is 14.7 Å². The molecule has 0 saturated carbocycles. The summed E-state index contributed by atoms with van der Waals surface area (Å²) in [5.74, 6) is 0. The first-order chi connectivity index (χ1) is 5.90. The molecule has 0 aliphatic heterocycles. The molecule has 1 aromatic carbocycles. The highest BCUT2D eigenvalue weighted by molar-refractivity contribution is 6.57. The number of hydrogen-bond acceptors (Lipinski definition) is 0. The van der Waals surface area contributed by atoms with Crippen molar-refractivity contribution in [3.05, 3.63) is 29.3 Å². The number of hydrogen-bond donors (Lipinski definition) is 0. The van der Waals surface area contributed by atoms with Crippen molar-refractivity contribution in [1.29, 1.82) is 0 Å². The molecule has 0 aromatic heterocycles. The van der Waals surface area contributed by atoms with Gasteiger partial charge < -0.3 is 0 Å². The second-order valence-electron chi connectivity index (χ2n) is 4.62. The minimum absolute atomic E-state index is 0.415. The molecule has 1 rings (SSSR count). The minimum Gasteiger partial charge on any atom is -0.0632 e. The molecule has 0 unspecified atom stereocenters. The molecular weight excluding hydrogens is 172 g/mol. The van der Waals surface area contributed by atoms with E-state index in [0.717, 1.165) is 9.52 Å². The molecule has 2 radical (unpaired) electrons. The molecule has 0 aliphatic carbocycles. The average molecular weight is 190 g/mol.